The molecule has 1 fully saturated rings. The molecule has 1 heterocycles. The Morgan fingerprint density at radius 3 is 2.00 bits per heavy atom. The minimum Gasteiger partial charge on any atom is -0.368 e. The van der Waals surface area contributed by atoms with Crippen LogP contribution in [0.25, 0.3) is 0 Å². The average Bonchev–Trinajstić information content (AvgIpc) is 2.55. The standard InChI is InChI=1S/C17H23F3N2O/c1-3-13(4-2)16(23)22-11-9-21(10-12-22)15-7-5-14(6-8-15)17(18,19)20/h5-8,13H,3-4,9-12H2,1-2H3. The molecular formula is C17H23F3N2O. The molecule has 0 atom stereocenters. The number of carbonyl (C=O) groups excluding carboxylic acids is 1. The van der Waals surface area contributed by atoms with Gasteiger partial charge in [-0.25, -0.2) is 0 Å². The Bertz CT molecular complexity index is 516. The van der Waals surface area contributed by atoms with Gasteiger partial charge in [-0.3, -0.25) is 4.79 Å². The highest BCUT2D eigenvalue weighted by molar-refractivity contribution is 5.79. The summed E-state index contributed by atoms with van der Waals surface area (Å²) in [5.41, 5.74) is 0.136. The molecule has 1 aliphatic rings. The number of piperazine rings is 1. The van der Waals surface area contributed by atoms with Crippen LogP contribution in [0.15, 0.2) is 24.3 Å². The van der Waals surface area contributed by atoms with Crippen LogP contribution in [0, 0.1) is 5.92 Å². The van der Waals surface area contributed by atoms with E-state index < -0.39 is 11.7 Å². The van der Waals surface area contributed by atoms with Gasteiger partial charge in [-0.15, -0.1) is 0 Å². The molecule has 3 nitrogen and oxygen atoms in total. The molecule has 0 spiro atoms. The number of anilines is 1. The van der Waals surface area contributed by atoms with Crippen molar-refractivity contribution in [1.82, 2.24) is 4.90 Å². The van der Waals surface area contributed by atoms with Gasteiger partial charge in [0.25, 0.3) is 0 Å². The Balaban J connectivity index is 1.95. The number of halogens is 3. The van der Waals surface area contributed by atoms with Crippen LogP contribution in [0.3, 0.4) is 0 Å². The van der Waals surface area contributed by atoms with Crippen LogP contribution in [-0.2, 0) is 11.0 Å². The van der Waals surface area contributed by atoms with Crippen LogP contribution in [-0.4, -0.2) is 37.0 Å². The number of benzene rings is 1. The highest BCUT2D eigenvalue weighted by Gasteiger charge is 2.30. The minimum absolute atomic E-state index is 0.0765. The molecular weight excluding hydrogens is 305 g/mol. The number of nitrogens with zero attached hydrogens (tertiary/aromatic N) is 2. The Kier molecular flexibility index (Phi) is 5.55. The zero-order valence-electron chi connectivity index (χ0n) is 13.6. The SMILES string of the molecule is CCC(CC)C(=O)N1CCN(c2ccc(C(F)(F)F)cc2)CC1. The predicted molar refractivity (Wildman–Crippen MR) is 84.3 cm³/mol. The van der Waals surface area contributed by atoms with Gasteiger partial charge in [0.2, 0.25) is 5.91 Å². The second-order valence-electron chi connectivity index (χ2n) is 5.87. The molecule has 6 heteroatoms. The first-order chi connectivity index (χ1) is 10.9. The first-order valence-corrected chi connectivity index (χ1v) is 8.07. The molecule has 0 saturated carbocycles. The smallest absolute Gasteiger partial charge is 0.368 e. The monoisotopic (exact) mass is 328 g/mol. The van der Waals surface area contributed by atoms with E-state index in [1.807, 2.05) is 23.6 Å². The van der Waals surface area contributed by atoms with Crippen LogP contribution in [0.1, 0.15) is 32.3 Å². The summed E-state index contributed by atoms with van der Waals surface area (Å²) in [5.74, 6) is 0.273. The van der Waals surface area contributed by atoms with Crippen molar-refractivity contribution in [3.63, 3.8) is 0 Å². The van der Waals surface area contributed by atoms with Gasteiger partial charge in [0.15, 0.2) is 0 Å². The van der Waals surface area contributed by atoms with Crippen LogP contribution in [0.5, 0.6) is 0 Å². The molecule has 1 aromatic carbocycles. The number of hydrogen-bond acceptors (Lipinski definition) is 2. The zero-order valence-corrected chi connectivity index (χ0v) is 13.6. The van der Waals surface area contributed by atoms with Gasteiger partial charge in [-0.2, -0.15) is 13.2 Å². The zero-order chi connectivity index (χ0) is 17.0. The lowest BCUT2D eigenvalue weighted by atomic mass is 10.0. The van der Waals surface area contributed by atoms with Gasteiger partial charge in [-0.05, 0) is 37.1 Å². The summed E-state index contributed by atoms with van der Waals surface area (Å²) < 4.78 is 37.8. The summed E-state index contributed by atoms with van der Waals surface area (Å²) in [7, 11) is 0. The fraction of sp³-hybridized carbons (Fsp3) is 0.588. The molecule has 1 aromatic rings. The molecule has 0 aliphatic carbocycles. The summed E-state index contributed by atoms with van der Waals surface area (Å²) in [6, 6.07) is 5.22. The largest absolute Gasteiger partial charge is 0.416 e. The van der Waals surface area contributed by atoms with Crippen molar-refractivity contribution in [1.29, 1.82) is 0 Å². The van der Waals surface area contributed by atoms with E-state index in [1.54, 1.807) is 0 Å². The third-order valence-electron chi connectivity index (χ3n) is 4.49. The predicted octanol–water partition coefficient (Wildman–Crippen LogP) is 3.79. The topological polar surface area (TPSA) is 23.6 Å². The second-order valence-corrected chi connectivity index (χ2v) is 5.87. The van der Waals surface area contributed by atoms with Crippen molar-refractivity contribution in [2.45, 2.75) is 32.9 Å². The lowest BCUT2D eigenvalue weighted by Gasteiger charge is -2.37. The molecule has 0 radical (unpaired) electrons. The lowest BCUT2D eigenvalue weighted by molar-refractivity contribution is -0.138. The van der Waals surface area contributed by atoms with Crippen LogP contribution >= 0.6 is 0 Å². The third kappa shape index (κ3) is 4.18. The van der Waals surface area contributed by atoms with E-state index in [0.29, 0.717) is 26.2 Å². The van der Waals surface area contributed by atoms with E-state index in [1.165, 1.54) is 12.1 Å². The third-order valence-corrected chi connectivity index (χ3v) is 4.49. The molecule has 1 saturated heterocycles. The van der Waals surface area contributed by atoms with Crippen molar-refractivity contribution < 1.29 is 18.0 Å². The van der Waals surface area contributed by atoms with E-state index >= 15 is 0 Å². The maximum Gasteiger partial charge on any atom is 0.416 e. The highest BCUT2D eigenvalue weighted by Crippen LogP contribution is 2.30. The molecule has 0 unspecified atom stereocenters. The van der Waals surface area contributed by atoms with Gasteiger partial charge >= 0.3 is 6.18 Å². The fourth-order valence-corrected chi connectivity index (χ4v) is 2.94. The van der Waals surface area contributed by atoms with Crippen LogP contribution in [0.2, 0.25) is 0 Å². The Morgan fingerprint density at radius 2 is 1.57 bits per heavy atom. The van der Waals surface area contributed by atoms with E-state index in [-0.39, 0.29) is 11.8 Å². The highest BCUT2D eigenvalue weighted by atomic mass is 19.4. The molecule has 1 amide bonds. The van der Waals surface area contributed by atoms with Gasteiger partial charge in [0, 0.05) is 37.8 Å². The molecule has 128 valence electrons. The van der Waals surface area contributed by atoms with Gasteiger partial charge < -0.3 is 9.80 Å². The first-order valence-electron chi connectivity index (χ1n) is 8.07. The number of alkyl halides is 3. The molecule has 0 bridgehead atoms. The number of amides is 1. The van der Waals surface area contributed by atoms with Crippen LogP contribution < -0.4 is 4.90 Å². The minimum atomic E-state index is -4.31. The van der Waals surface area contributed by atoms with Crippen LogP contribution in [0.4, 0.5) is 18.9 Å². The summed E-state index contributed by atoms with van der Waals surface area (Å²) in [6.07, 6.45) is -2.62. The van der Waals surface area contributed by atoms with Gasteiger partial charge in [-0.1, -0.05) is 13.8 Å². The van der Waals surface area contributed by atoms with E-state index in [9.17, 15) is 18.0 Å². The maximum atomic E-state index is 12.6. The Hall–Kier alpha value is -1.72. The number of carbonyl (C=O) groups is 1. The van der Waals surface area contributed by atoms with Crippen molar-refractivity contribution >= 4 is 11.6 Å². The van der Waals surface area contributed by atoms with Gasteiger partial charge in [0.1, 0.15) is 0 Å². The first kappa shape index (κ1) is 17.6. The summed E-state index contributed by atoms with van der Waals surface area (Å²) in [6.45, 7) is 6.58. The lowest BCUT2D eigenvalue weighted by Crippen LogP contribution is -2.50. The number of hydrogen-bond donors (Lipinski definition) is 0. The average molecular weight is 328 g/mol. The molecule has 23 heavy (non-hydrogen) atoms. The summed E-state index contributed by atoms with van der Waals surface area (Å²) in [5, 5.41) is 0. The summed E-state index contributed by atoms with van der Waals surface area (Å²) in [4.78, 5) is 16.2. The van der Waals surface area contributed by atoms with Crippen molar-refractivity contribution in [2.24, 2.45) is 5.92 Å². The molecule has 2 rings (SSSR count). The normalized spacial score (nSPS) is 16.1. The molecule has 1 aliphatic heterocycles. The van der Waals surface area contributed by atoms with Gasteiger partial charge in [0.05, 0.1) is 5.56 Å². The fourth-order valence-electron chi connectivity index (χ4n) is 2.94. The second kappa shape index (κ2) is 7.23. The van der Waals surface area contributed by atoms with Crippen molar-refractivity contribution in [2.75, 3.05) is 31.1 Å². The Morgan fingerprint density at radius 1 is 1.04 bits per heavy atom. The van der Waals surface area contributed by atoms with E-state index in [4.69, 9.17) is 0 Å². The Labute approximate surface area is 135 Å². The van der Waals surface area contributed by atoms with E-state index in [2.05, 4.69) is 0 Å². The molecule has 0 aromatic heterocycles. The number of rotatable bonds is 4. The maximum absolute atomic E-state index is 12.6. The molecule has 0 N–H and O–H groups in total. The van der Waals surface area contributed by atoms with Crippen molar-refractivity contribution in [3.8, 4) is 0 Å². The quantitative estimate of drug-likeness (QED) is 0.839. The van der Waals surface area contributed by atoms with E-state index in [0.717, 1.165) is 30.7 Å². The van der Waals surface area contributed by atoms with Crippen molar-refractivity contribution in [3.05, 3.63) is 29.8 Å². The summed E-state index contributed by atoms with van der Waals surface area (Å²) >= 11 is 0.